The predicted octanol–water partition coefficient (Wildman–Crippen LogP) is 2.46. The minimum Gasteiger partial charge on any atom is -0.396 e. The first-order valence-corrected chi connectivity index (χ1v) is 6.31. The van der Waals surface area contributed by atoms with Crippen molar-refractivity contribution in [1.29, 1.82) is 0 Å². The number of nitrogens with one attached hydrogen (secondary N) is 1. The van der Waals surface area contributed by atoms with E-state index in [1.54, 1.807) is 13.0 Å². The summed E-state index contributed by atoms with van der Waals surface area (Å²) < 4.78 is 26.7. The monoisotopic (exact) mass is 292 g/mol. The first-order chi connectivity index (χ1) is 9.92. The van der Waals surface area contributed by atoms with Crippen molar-refractivity contribution in [2.45, 2.75) is 20.3 Å². The van der Waals surface area contributed by atoms with Gasteiger partial charge in [0.15, 0.2) is 0 Å². The molecule has 0 radical (unpaired) electrons. The molecule has 2 aromatic rings. The number of carbonyl (C=O) groups excluding carboxylic acids is 1. The number of carbonyl (C=O) groups is 1. The van der Waals surface area contributed by atoms with Crippen molar-refractivity contribution in [2.75, 3.05) is 11.1 Å². The third-order valence-electron chi connectivity index (χ3n) is 2.91. The van der Waals surface area contributed by atoms with Gasteiger partial charge in [-0.1, -0.05) is 6.92 Å². The van der Waals surface area contributed by atoms with Crippen LogP contribution in [0.3, 0.4) is 0 Å². The second-order valence-electron chi connectivity index (χ2n) is 4.51. The highest BCUT2D eigenvalue weighted by atomic mass is 19.1. The minimum absolute atomic E-state index is 0.185. The summed E-state index contributed by atoms with van der Waals surface area (Å²) in [5.41, 5.74) is 6.30. The van der Waals surface area contributed by atoms with Gasteiger partial charge in [0.1, 0.15) is 11.6 Å². The van der Waals surface area contributed by atoms with Crippen LogP contribution in [0.4, 0.5) is 20.2 Å². The Kier molecular flexibility index (Phi) is 4.11. The summed E-state index contributed by atoms with van der Waals surface area (Å²) in [7, 11) is 0. The maximum absolute atomic E-state index is 13.6. The molecular weight excluding hydrogens is 278 g/mol. The van der Waals surface area contributed by atoms with Crippen molar-refractivity contribution in [1.82, 2.24) is 10.2 Å². The molecule has 0 saturated carbocycles. The number of nitrogens with zero attached hydrogens (tertiary/aromatic N) is 2. The fourth-order valence-corrected chi connectivity index (χ4v) is 1.82. The van der Waals surface area contributed by atoms with E-state index in [0.29, 0.717) is 29.4 Å². The van der Waals surface area contributed by atoms with E-state index in [2.05, 4.69) is 15.5 Å². The molecule has 1 amide bonds. The summed E-state index contributed by atoms with van der Waals surface area (Å²) in [4.78, 5) is 12.2. The van der Waals surface area contributed by atoms with Gasteiger partial charge in [0.25, 0.3) is 5.91 Å². The van der Waals surface area contributed by atoms with Gasteiger partial charge < -0.3 is 11.1 Å². The number of anilines is 2. The van der Waals surface area contributed by atoms with Crippen molar-refractivity contribution in [2.24, 2.45) is 0 Å². The molecule has 0 fully saturated rings. The normalized spacial score (nSPS) is 10.5. The molecule has 0 spiro atoms. The zero-order valence-electron chi connectivity index (χ0n) is 11.6. The standard InChI is InChI=1S/C14H14F2N4O/c1-3-12-8(4-7(2)19-20-12)14(21)18-13-6-11(17)9(15)5-10(13)16/h4-6H,3,17H2,1-2H3,(H,18,21). The highest BCUT2D eigenvalue weighted by Gasteiger charge is 2.16. The van der Waals surface area contributed by atoms with Crippen molar-refractivity contribution >= 4 is 17.3 Å². The van der Waals surface area contributed by atoms with Crippen LogP contribution in [0.15, 0.2) is 18.2 Å². The summed E-state index contributed by atoms with van der Waals surface area (Å²) in [6, 6.07) is 3.23. The molecule has 0 saturated heterocycles. The summed E-state index contributed by atoms with van der Waals surface area (Å²) in [5, 5.41) is 10.2. The lowest BCUT2D eigenvalue weighted by Crippen LogP contribution is -2.17. The zero-order valence-corrected chi connectivity index (χ0v) is 11.6. The van der Waals surface area contributed by atoms with Gasteiger partial charge in [-0.25, -0.2) is 8.78 Å². The number of hydrogen-bond acceptors (Lipinski definition) is 4. The van der Waals surface area contributed by atoms with Gasteiger partial charge in [-0.05, 0) is 25.5 Å². The maximum Gasteiger partial charge on any atom is 0.257 e. The number of aryl methyl sites for hydroxylation is 2. The average Bonchev–Trinajstić information content (AvgIpc) is 2.44. The molecule has 0 aliphatic carbocycles. The number of halogens is 2. The van der Waals surface area contributed by atoms with Gasteiger partial charge in [0, 0.05) is 6.07 Å². The number of amides is 1. The Bertz CT molecular complexity index is 704. The molecule has 5 nitrogen and oxygen atoms in total. The smallest absolute Gasteiger partial charge is 0.257 e. The number of aromatic nitrogens is 2. The fourth-order valence-electron chi connectivity index (χ4n) is 1.82. The van der Waals surface area contributed by atoms with Crippen LogP contribution in [0.25, 0.3) is 0 Å². The number of benzene rings is 1. The average molecular weight is 292 g/mol. The van der Waals surface area contributed by atoms with Crippen molar-refractivity contribution in [3.8, 4) is 0 Å². The Labute approximate surface area is 120 Å². The van der Waals surface area contributed by atoms with E-state index in [-0.39, 0.29) is 11.4 Å². The molecule has 21 heavy (non-hydrogen) atoms. The molecule has 7 heteroatoms. The maximum atomic E-state index is 13.6. The third-order valence-corrected chi connectivity index (χ3v) is 2.91. The molecule has 1 aromatic heterocycles. The van der Waals surface area contributed by atoms with E-state index in [4.69, 9.17) is 5.73 Å². The quantitative estimate of drug-likeness (QED) is 0.851. The summed E-state index contributed by atoms with van der Waals surface area (Å²) in [5.74, 6) is -2.32. The molecule has 1 aromatic carbocycles. The Morgan fingerprint density at radius 1 is 1.24 bits per heavy atom. The second kappa shape index (κ2) is 5.82. The molecule has 110 valence electrons. The van der Waals surface area contributed by atoms with Gasteiger partial charge in [-0.2, -0.15) is 10.2 Å². The van der Waals surface area contributed by atoms with Gasteiger partial charge in [-0.3, -0.25) is 4.79 Å². The summed E-state index contributed by atoms with van der Waals surface area (Å²) >= 11 is 0. The highest BCUT2D eigenvalue weighted by molar-refractivity contribution is 6.05. The topological polar surface area (TPSA) is 80.9 Å². The van der Waals surface area contributed by atoms with E-state index >= 15 is 0 Å². The van der Waals surface area contributed by atoms with Crippen LogP contribution in [0.1, 0.15) is 28.7 Å². The molecule has 0 atom stereocenters. The number of nitrogen functional groups attached to an aromatic ring is 1. The molecule has 0 aliphatic heterocycles. The first kappa shape index (κ1) is 14.8. The van der Waals surface area contributed by atoms with Gasteiger partial charge in [0.05, 0.1) is 28.3 Å². The predicted molar refractivity (Wildman–Crippen MR) is 74.9 cm³/mol. The highest BCUT2D eigenvalue weighted by Crippen LogP contribution is 2.22. The van der Waals surface area contributed by atoms with Crippen LogP contribution in [0, 0.1) is 18.6 Å². The number of hydrogen-bond donors (Lipinski definition) is 2. The van der Waals surface area contributed by atoms with Crippen molar-refractivity contribution in [3.05, 3.63) is 46.8 Å². The van der Waals surface area contributed by atoms with E-state index in [1.807, 2.05) is 6.92 Å². The minimum atomic E-state index is -0.896. The van der Waals surface area contributed by atoms with Gasteiger partial charge in [-0.15, -0.1) is 0 Å². The number of nitrogens with two attached hydrogens (primary N) is 1. The fraction of sp³-hybridized carbons (Fsp3) is 0.214. The van der Waals surface area contributed by atoms with Crippen LogP contribution in [0.2, 0.25) is 0 Å². The summed E-state index contributed by atoms with van der Waals surface area (Å²) in [6.07, 6.45) is 0.504. The Hall–Kier alpha value is -2.57. The summed E-state index contributed by atoms with van der Waals surface area (Å²) in [6.45, 7) is 3.52. The van der Waals surface area contributed by atoms with E-state index in [9.17, 15) is 13.6 Å². The largest absolute Gasteiger partial charge is 0.396 e. The van der Waals surface area contributed by atoms with Gasteiger partial charge in [0.2, 0.25) is 0 Å². The molecular formula is C14H14F2N4O. The zero-order chi connectivity index (χ0) is 15.6. The third kappa shape index (κ3) is 3.13. The molecule has 0 aliphatic rings. The molecule has 2 rings (SSSR count). The first-order valence-electron chi connectivity index (χ1n) is 6.31. The molecule has 0 unspecified atom stereocenters. The SMILES string of the molecule is CCc1nnc(C)cc1C(=O)Nc1cc(N)c(F)cc1F. The molecule has 3 N–H and O–H groups in total. The molecule has 1 heterocycles. The van der Waals surface area contributed by atoms with E-state index in [1.165, 1.54) is 0 Å². The van der Waals surface area contributed by atoms with Crippen LogP contribution in [-0.4, -0.2) is 16.1 Å². The lowest BCUT2D eigenvalue weighted by Gasteiger charge is -2.10. The Morgan fingerprint density at radius 2 is 1.95 bits per heavy atom. The van der Waals surface area contributed by atoms with Crippen LogP contribution >= 0.6 is 0 Å². The lowest BCUT2D eigenvalue weighted by molar-refractivity contribution is 0.102. The van der Waals surface area contributed by atoms with Crippen molar-refractivity contribution in [3.63, 3.8) is 0 Å². The number of rotatable bonds is 3. The van der Waals surface area contributed by atoms with Crippen LogP contribution < -0.4 is 11.1 Å². The second-order valence-corrected chi connectivity index (χ2v) is 4.51. The van der Waals surface area contributed by atoms with E-state index in [0.717, 1.165) is 6.07 Å². The van der Waals surface area contributed by atoms with Crippen molar-refractivity contribution < 1.29 is 13.6 Å². The molecule has 0 bridgehead atoms. The Balaban J connectivity index is 2.34. The Morgan fingerprint density at radius 3 is 2.62 bits per heavy atom. The lowest BCUT2D eigenvalue weighted by atomic mass is 10.1. The van der Waals surface area contributed by atoms with E-state index < -0.39 is 17.5 Å². The van der Waals surface area contributed by atoms with Crippen LogP contribution in [-0.2, 0) is 6.42 Å². The van der Waals surface area contributed by atoms with Gasteiger partial charge >= 0.3 is 0 Å². The van der Waals surface area contributed by atoms with Crippen LogP contribution in [0.5, 0.6) is 0 Å².